The molecule has 15 heavy (non-hydrogen) atoms. The summed E-state index contributed by atoms with van der Waals surface area (Å²) in [7, 11) is 3.64. The molecule has 1 N–H and O–H groups in total. The summed E-state index contributed by atoms with van der Waals surface area (Å²) in [6.45, 7) is 0. The lowest BCUT2D eigenvalue weighted by atomic mass is 9.89. The minimum absolute atomic E-state index is 0.308. The molecule has 1 aliphatic carbocycles. The Hall–Kier alpha value is -1.22. The minimum Gasteiger partial charge on any atom is -0.497 e. The normalized spacial score (nSPS) is 24.4. The van der Waals surface area contributed by atoms with Gasteiger partial charge in [-0.15, -0.1) is 0 Å². The minimum atomic E-state index is 0.308. The van der Waals surface area contributed by atoms with Gasteiger partial charge in [-0.2, -0.15) is 0 Å². The summed E-state index contributed by atoms with van der Waals surface area (Å²) in [4.78, 5) is 0. The van der Waals surface area contributed by atoms with Crippen molar-refractivity contribution in [2.24, 2.45) is 0 Å². The number of hydrogen-bond acceptors (Lipinski definition) is 3. The predicted molar refractivity (Wildman–Crippen MR) is 59.5 cm³/mol. The maximum absolute atomic E-state index is 5.85. The molecule has 0 spiro atoms. The lowest BCUT2D eigenvalue weighted by Gasteiger charge is -2.36. The summed E-state index contributed by atoms with van der Waals surface area (Å²) >= 11 is 0. The number of rotatable bonds is 4. The Bertz CT molecular complexity index is 325. The molecular formula is C12H17NO2. The molecule has 0 amide bonds. The summed E-state index contributed by atoms with van der Waals surface area (Å²) < 4.78 is 11.0. The van der Waals surface area contributed by atoms with Gasteiger partial charge in [-0.1, -0.05) is 6.07 Å². The van der Waals surface area contributed by atoms with Gasteiger partial charge < -0.3 is 14.8 Å². The van der Waals surface area contributed by atoms with Gasteiger partial charge in [-0.25, -0.2) is 0 Å². The third-order valence-electron chi connectivity index (χ3n) is 2.91. The molecule has 1 aliphatic rings. The van der Waals surface area contributed by atoms with Gasteiger partial charge in [0.15, 0.2) is 0 Å². The van der Waals surface area contributed by atoms with E-state index >= 15 is 0 Å². The number of hydrogen-bond donors (Lipinski definition) is 1. The highest BCUT2D eigenvalue weighted by atomic mass is 16.5. The van der Waals surface area contributed by atoms with Crippen molar-refractivity contribution in [2.45, 2.75) is 25.0 Å². The second-order valence-electron chi connectivity index (χ2n) is 3.81. The molecule has 2 rings (SSSR count). The quantitative estimate of drug-likeness (QED) is 0.817. The molecule has 3 heteroatoms. The van der Waals surface area contributed by atoms with E-state index in [2.05, 4.69) is 5.32 Å². The van der Waals surface area contributed by atoms with Crippen molar-refractivity contribution in [2.75, 3.05) is 14.2 Å². The summed E-state index contributed by atoms with van der Waals surface area (Å²) in [6.07, 6.45) is 2.63. The number of ether oxygens (including phenoxy) is 2. The standard InChI is InChI=1S/C12H17NO2/c1-13-11-6-7-12(11)15-10-5-3-4-9(8-10)14-2/h3-5,8,11-13H,6-7H2,1-2H3/t11-,12-/m0/s1. The van der Waals surface area contributed by atoms with Crippen LogP contribution in [0, 0.1) is 0 Å². The van der Waals surface area contributed by atoms with Crippen LogP contribution in [0.15, 0.2) is 24.3 Å². The van der Waals surface area contributed by atoms with Crippen LogP contribution >= 0.6 is 0 Å². The molecular weight excluding hydrogens is 190 g/mol. The van der Waals surface area contributed by atoms with E-state index < -0.39 is 0 Å². The molecule has 3 nitrogen and oxygen atoms in total. The first-order valence-electron chi connectivity index (χ1n) is 5.31. The zero-order valence-corrected chi connectivity index (χ0v) is 9.19. The van der Waals surface area contributed by atoms with Crippen LogP contribution < -0.4 is 14.8 Å². The van der Waals surface area contributed by atoms with Crippen LogP contribution in [0.4, 0.5) is 0 Å². The molecule has 0 unspecified atom stereocenters. The van der Waals surface area contributed by atoms with Crippen molar-refractivity contribution in [3.63, 3.8) is 0 Å². The van der Waals surface area contributed by atoms with E-state index in [0.717, 1.165) is 17.9 Å². The van der Waals surface area contributed by atoms with Crippen molar-refractivity contribution < 1.29 is 9.47 Å². The maximum Gasteiger partial charge on any atom is 0.123 e. The summed E-state index contributed by atoms with van der Waals surface area (Å²) in [5, 5.41) is 3.24. The van der Waals surface area contributed by atoms with Crippen molar-refractivity contribution in [3.8, 4) is 11.5 Å². The van der Waals surface area contributed by atoms with E-state index in [1.165, 1.54) is 6.42 Å². The van der Waals surface area contributed by atoms with Gasteiger partial charge in [-0.3, -0.25) is 0 Å². The lowest BCUT2D eigenvalue weighted by molar-refractivity contribution is 0.0768. The highest BCUT2D eigenvalue weighted by Crippen LogP contribution is 2.27. The molecule has 0 saturated heterocycles. The number of methoxy groups -OCH3 is 1. The highest BCUT2D eigenvalue weighted by Gasteiger charge is 2.31. The molecule has 0 heterocycles. The van der Waals surface area contributed by atoms with Crippen molar-refractivity contribution >= 4 is 0 Å². The van der Waals surface area contributed by atoms with E-state index in [-0.39, 0.29) is 0 Å². The average Bonchev–Trinajstić information content (AvgIpc) is 2.25. The molecule has 0 aromatic heterocycles. The van der Waals surface area contributed by atoms with Crippen LogP contribution in [-0.4, -0.2) is 26.3 Å². The summed E-state index contributed by atoms with van der Waals surface area (Å²) in [5.41, 5.74) is 0. The Kier molecular flexibility index (Phi) is 3.11. The first-order valence-corrected chi connectivity index (χ1v) is 5.31. The van der Waals surface area contributed by atoms with Crippen LogP contribution in [0.3, 0.4) is 0 Å². The van der Waals surface area contributed by atoms with E-state index in [1.807, 2.05) is 31.3 Å². The predicted octanol–water partition coefficient (Wildman–Crippen LogP) is 1.82. The molecule has 2 atom stereocenters. The highest BCUT2D eigenvalue weighted by molar-refractivity contribution is 5.33. The average molecular weight is 207 g/mol. The molecule has 0 radical (unpaired) electrons. The zero-order chi connectivity index (χ0) is 10.7. The van der Waals surface area contributed by atoms with Gasteiger partial charge in [0, 0.05) is 12.1 Å². The summed E-state index contributed by atoms with van der Waals surface area (Å²) in [5.74, 6) is 1.73. The molecule has 0 bridgehead atoms. The van der Waals surface area contributed by atoms with Crippen molar-refractivity contribution in [3.05, 3.63) is 24.3 Å². The van der Waals surface area contributed by atoms with Crippen LogP contribution in [-0.2, 0) is 0 Å². The maximum atomic E-state index is 5.85. The van der Waals surface area contributed by atoms with Gasteiger partial charge in [-0.05, 0) is 32.0 Å². The third-order valence-corrected chi connectivity index (χ3v) is 2.91. The van der Waals surface area contributed by atoms with Gasteiger partial charge in [0.1, 0.15) is 17.6 Å². The van der Waals surface area contributed by atoms with Gasteiger partial charge in [0.2, 0.25) is 0 Å². The van der Waals surface area contributed by atoms with E-state index in [1.54, 1.807) is 7.11 Å². The molecule has 1 aromatic carbocycles. The zero-order valence-electron chi connectivity index (χ0n) is 9.19. The molecule has 1 saturated carbocycles. The molecule has 82 valence electrons. The van der Waals surface area contributed by atoms with Gasteiger partial charge >= 0.3 is 0 Å². The fraction of sp³-hybridized carbons (Fsp3) is 0.500. The molecule has 1 aromatic rings. The Labute approximate surface area is 90.4 Å². The Morgan fingerprint density at radius 1 is 1.27 bits per heavy atom. The second kappa shape index (κ2) is 4.53. The van der Waals surface area contributed by atoms with E-state index in [0.29, 0.717) is 12.1 Å². The summed E-state index contributed by atoms with van der Waals surface area (Å²) in [6, 6.07) is 8.25. The van der Waals surface area contributed by atoms with Crippen LogP contribution in [0.25, 0.3) is 0 Å². The number of likely N-dealkylation sites (N-methyl/N-ethyl adjacent to an activating group) is 1. The van der Waals surface area contributed by atoms with Gasteiger partial charge in [0.05, 0.1) is 7.11 Å². The largest absolute Gasteiger partial charge is 0.497 e. The van der Waals surface area contributed by atoms with Crippen molar-refractivity contribution in [1.29, 1.82) is 0 Å². The Morgan fingerprint density at radius 2 is 2.07 bits per heavy atom. The number of benzene rings is 1. The first-order chi connectivity index (χ1) is 7.33. The monoisotopic (exact) mass is 207 g/mol. The lowest BCUT2D eigenvalue weighted by Crippen LogP contribution is -2.49. The van der Waals surface area contributed by atoms with Crippen molar-refractivity contribution in [1.82, 2.24) is 5.32 Å². The van der Waals surface area contributed by atoms with E-state index in [9.17, 15) is 0 Å². The SMILES string of the molecule is CN[C@H]1CC[C@@H]1Oc1cccc(OC)c1. The number of nitrogens with one attached hydrogen (secondary N) is 1. The fourth-order valence-electron chi connectivity index (χ4n) is 1.79. The molecule has 0 aliphatic heterocycles. The Balaban J connectivity index is 1.98. The van der Waals surface area contributed by atoms with Gasteiger partial charge in [0.25, 0.3) is 0 Å². The van der Waals surface area contributed by atoms with E-state index in [4.69, 9.17) is 9.47 Å². The topological polar surface area (TPSA) is 30.5 Å². The van der Waals surface area contributed by atoms with Crippen LogP contribution in [0.2, 0.25) is 0 Å². The second-order valence-corrected chi connectivity index (χ2v) is 3.81. The third kappa shape index (κ3) is 2.23. The fourth-order valence-corrected chi connectivity index (χ4v) is 1.79. The van der Waals surface area contributed by atoms with Crippen LogP contribution in [0.1, 0.15) is 12.8 Å². The smallest absolute Gasteiger partial charge is 0.123 e. The van der Waals surface area contributed by atoms with Crippen LogP contribution in [0.5, 0.6) is 11.5 Å². The first kappa shape index (κ1) is 10.3. The molecule has 1 fully saturated rings. The Morgan fingerprint density at radius 3 is 2.67 bits per heavy atom.